The first-order valence-corrected chi connectivity index (χ1v) is 6.67. The number of ether oxygens (including phenoxy) is 1. The second-order valence-corrected chi connectivity index (χ2v) is 5.13. The van der Waals surface area contributed by atoms with E-state index in [2.05, 4.69) is 0 Å². The number of benzene rings is 1. The van der Waals surface area contributed by atoms with Gasteiger partial charge in [0.1, 0.15) is 17.6 Å². The largest absolute Gasteiger partial charge is 0.468 e. The third kappa shape index (κ3) is 2.77. The van der Waals surface area contributed by atoms with Crippen LogP contribution in [0.15, 0.2) is 30.3 Å². The lowest BCUT2D eigenvalue weighted by molar-refractivity contribution is -0.155. The molecule has 0 aromatic heterocycles. The smallest absolute Gasteiger partial charge is 0.316 e. The summed E-state index contributed by atoms with van der Waals surface area (Å²) in [6.07, 6.45) is -0.0141. The normalized spacial score (nSPS) is 25.5. The summed E-state index contributed by atoms with van der Waals surface area (Å²) in [6.45, 7) is 1.19. The topological polar surface area (TPSA) is 77.5 Å². The van der Waals surface area contributed by atoms with E-state index >= 15 is 0 Å². The number of carbonyl (C=O) groups is 4. The van der Waals surface area contributed by atoms with E-state index in [1.165, 1.54) is 14.0 Å². The van der Waals surface area contributed by atoms with Gasteiger partial charge in [0, 0.05) is 12.3 Å². The van der Waals surface area contributed by atoms with E-state index in [4.69, 9.17) is 4.74 Å². The molecule has 2 rings (SSSR count). The van der Waals surface area contributed by atoms with E-state index in [1.807, 2.05) is 6.07 Å². The second kappa shape index (κ2) is 5.99. The maximum atomic E-state index is 12.4. The molecule has 0 spiro atoms. The fraction of sp³-hybridized carbons (Fsp3) is 0.375. The predicted molar refractivity (Wildman–Crippen MR) is 73.5 cm³/mol. The summed E-state index contributed by atoms with van der Waals surface area (Å²) in [4.78, 5) is 48.0. The maximum absolute atomic E-state index is 12.4. The molecule has 0 heterocycles. The van der Waals surface area contributed by atoms with Crippen molar-refractivity contribution in [1.82, 2.24) is 0 Å². The van der Waals surface area contributed by atoms with Crippen molar-refractivity contribution in [3.05, 3.63) is 35.9 Å². The summed E-state index contributed by atoms with van der Waals surface area (Å²) in [5.74, 6) is -5.33. The van der Waals surface area contributed by atoms with Crippen molar-refractivity contribution in [3.63, 3.8) is 0 Å². The Kier molecular flexibility index (Phi) is 4.31. The van der Waals surface area contributed by atoms with Crippen molar-refractivity contribution in [2.24, 2.45) is 11.8 Å². The molecule has 0 N–H and O–H groups in total. The molecule has 110 valence electrons. The molecule has 1 aliphatic carbocycles. The fourth-order valence-corrected chi connectivity index (χ4v) is 2.83. The zero-order valence-corrected chi connectivity index (χ0v) is 11.9. The monoisotopic (exact) mass is 288 g/mol. The number of esters is 1. The van der Waals surface area contributed by atoms with Crippen LogP contribution in [0.25, 0.3) is 0 Å². The zero-order valence-electron chi connectivity index (χ0n) is 11.9. The van der Waals surface area contributed by atoms with Gasteiger partial charge in [0.2, 0.25) is 0 Å². The number of methoxy groups -OCH3 is 1. The van der Waals surface area contributed by atoms with Crippen LogP contribution in [-0.4, -0.2) is 30.4 Å². The molecule has 0 amide bonds. The molecule has 1 saturated carbocycles. The second-order valence-electron chi connectivity index (χ2n) is 5.13. The van der Waals surface area contributed by atoms with Crippen LogP contribution in [-0.2, 0) is 23.9 Å². The number of hydrogen-bond donors (Lipinski definition) is 0. The Bertz CT molecular complexity index is 590. The van der Waals surface area contributed by atoms with Gasteiger partial charge in [-0.1, -0.05) is 30.3 Å². The van der Waals surface area contributed by atoms with Crippen molar-refractivity contribution in [3.8, 4) is 0 Å². The number of Topliss-reactive ketones (excluding diaryl/α,β-unsaturated/α-hetero) is 3. The molecule has 0 radical (unpaired) electrons. The first-order valence-electron chi connectivity index (χ1n) is 6.67. The summed E-state index contributed by atoms with van der Waals surface area (Å²) < 4.78 is 4.69. The van der Waals surface area contributed by atoms with Crippen LogP contribution in [0.1, 0.15) is 24.8 Å². The summed E-state index contributed by atoms with van der Waals surface area (Å²) in [5, 5.41) is 0. The first-order chi connectivity index (χ1) is 9.97. The van der Waals surface area contributed by atoms with Crippen LogP contribution in [0.2, 0.25) is 0 Å². The predicted octanol–water partition coefficient (Wildman–Crippen LogP) is 1.31. The highest BCUT2D eigenvalue weighted by molar-refractivity contribution is 6.24. The highest BCUT2D eigenvalue weighted by Crippen LogP contribution is 2.37. The van der Waals surface area contributed by atoms with E-state index in [1.54, 1.807) is 24.3 Å². The Morgan fingerprint density at radius 1 is 1.14 bits per heavy atom. The Labute approximate surface area is 122 Å². The van der Waals surface area contributed by atoms with Crippen molar-refractivity contribution in [2.75, 3.05) is 7.11 Å². The molecule has 0 unspecified atom stereocenters. The molecule has 1 aliphatic rings. The molecule has 3 atom stereocenters. The van der Waals surface area contributed by atoms with E-state index in [-0.39, 0.29) is 6.42 Å². The molecule has 0 aliphatic heterocycles. The Morgan fingerprint density at radius 2 is 1.76 bits per heavy atom. The number of carbonyl (C=O) groups excluding carboxylic acids is 4. The van der Waals surface area contributed by atoms with Gasteiger partial charge in [-0.3, -0.25) is 19.2 Å². The molecule has 5 nitrogen and oxygen atoms in total. The van der Waals surface area contributed by atoms with Crippen LogP contribution in [0.3, 0.4) is 0 Å². The van der Waals surface area contributed by atoms with Gasteiger partial charge in [-0.2, -0.15) is 0 Å². The van der Waals surface area contributed by atoms with Crippen LogP contribution in [0.5, 0.6) is 0 Å². The third-order valence-corrected chi connectivity index (χ3v) is 3.83. The molecule has 1 aromatic carbocycles. The summed E-state index contributed by atoms with van der Waals surface area (Å²) in [7, 11) is 1.19. The zero-order chi connectivity index (χ0) is 15.6. The van der Waals surface area contributed by atoms with Crippen molar-refractivity contribution < 1.29 is 23.9 Å². The minimum absolute atomic E-state index is 0.0141. The van der Waals surface area contributed by atoms with Gasteiger partial charge in [0.15, 0.2) is 11.6 Å². The fourth-order valence-electron chi connectivity index (χ4n) is 2.83. The lowest BCUT2D eigenvalue weighted by Gasteiger charge is -2.31. The van der Waals surface area contributed by atoms with E-state index in [9.17, 15) is 19.2 Å². The minimum Gasteiger partial charge on any atom is -0.468 e. The van der Waals surface area contributed by atoms with Crippen LogP contribution >= 0.6 is 0 Å². The van der Waals surface area contributed by atoms with Crippen LogP contribution in [0.4, 0.5) is 0 Å². The van der Waals surface area contributed by atoms with Gasteiger partial charge in [-0.05, 0) is 12.5 Å². The molecule has 0 bridgehead atoms. The highest BCUT2D eigenvalue weighted by Gasteiger charge is 2.49. The van der Waals surface area contributed by atoms with Gasteiger partial charge in [-0.15, -0.1) is 0 Å². The standard InChI is InChI=1S/C16H16O5/c1-9(17)13-12(18)8-11(10-6-4-3-5-7-10)14(15(13)19)16(20)21-2/h3-7,11,13-14H,8H2,1-2H3/t11-,13+,14+/m1/s1. The van der Waals surface area contributed by atoms with E-state index < -0.39 is 41.1 Å². The summed E-state index contributed by atoms with van der Waals surface area (Å²) >= 11 is 0. The average molecular weight is 288 g/mol. The molecule has 1 fully saturated rings. The average Bonchev–Trinajstić information content (AvgIpc) is 2.46. The maximum Gasteiger partial charge on any atom is 0.316 e. The summed E-state index contributed by atoms with van der Waals surface area (Å²) in [5.41, 5.74) is 0.719. The van der Waals surface area contributed by atoms with Gasteiger partial charge in [0.05, 0.1) is 7.11 Å². The van der Waals surface area contributed by atoms with Crippen molar-refractivity contribution in [2.45, 2.75) is 19.3 Å². The van der Waals surface area contributed by atoms with Crippen molar-refractivity contribution in [1.29, 1.82) is 0 Å². The van der Waals surface area contributed by atoms with Gasteiger partial charge in [-0.25, -0.2) is 0 Å². The molecule has 5 heteroatoms. The van der Waals surface area contributed by atoms with Crippen molar-refractivity contribution >= 4 is 23.3 Å². The number of rotatable bonds is 3. The third-order valence-electron chi connectivity index (χ3n) is 3.83. The van der Waals surface area contributed by atoms with Gasteiger partial charge < -0.3 is 4.74 Å². The van der Waals surface area contributed by atoms with E-state index in [0.717, 1.165) is 5.56 Å². The SMILES string of the molecule is COC(=O)[C@@H]1C(=O)[C@@H](C(C)=O)C(=O)C[C@@H]1c1ccccc1. The molecule has 21 heavy (non-hydrogen) atoms. The van der Waals surface area contributed by atoms with Gasteiger partial charge >= 0.3 is 5.97 Å². The first kappa shape index (κ1) is 15.1. The van der Waals surface area contributed by atoms with Crippen LogP contribution in [0, 0.1) is 11.8 Å². The Hall–Kier alpha value is -2.30. The Balaban J connectivity index is 2.45. The Morgan fingerprint density at radius 3 is 2.29 bits per heavy atom. The van der Waals surface area contributed by atoms with E-state index in [0.29, 0.717) is 0 Å². The molecule has 1 aromatic rings. The molecule has 0 saturated heterocycles. The number of hydrogen-bond acceptors (Lipinski definition) is 5. The lowest BCUT2D eigenvalue weighted by Crippen LogP contribution is -2.46. The van der Waals surface area contributed by atoms with Crippen LogP contribution < -0.4 is 0 Å². The molecular weight excluding hydrogens is 272 g/mol. The van der Waals surface area contributed by atoms with Gasteiger partial charge in [0.25, 0.3) is 0 Å². The molecular formula is C16H16O5. The lowest BCUT2D eigenvalue weighted by atomic mass is 9.68. The summed E-state index contributed by atoms with van der Waals surface area (Å²) in [6, 6.07) is 8.87. The number of ketones is 3. The minimum atomic E-state index is -1.34. The quantitative estimate of drug-likeness (QED) is 0.619. The highest BCUT2D eigenvalue weighted by atomic mass is 16.5.